The molecule has 0 saturated heterocycles. The van der Waals surface area contributed by atoms with Gasteiger partial charge < -0.3 is 14.9 Å². The number of rotatable bonds is 38. The van der Waals surface area contributed by atoms with Gasteiger partial charge in [0.2, 0.25) is 0 Å². The largest absolute Gasteiger partial charge is 0.566 e. The van der Waals surface area contributed by atoms with E-state index in [-0.39, 0.29) is 0 Å². The first kappa shape index (κ1) is 109. The van der Waals surface area contributed by atoms with Crippen molar-refractivity contribution in [3.05, 3.63) is 0 Å². The van der Waals surface area contributed by atoms with Gasteiger partial charge >= 0.3 is 201 Å². The van der Waals surface area contributed by atoms with Crippen LogP contribution in [0.15, 0.2) is 0 Å². The van der Waals surface area contributed by atoms with Crippen molar-refractivity contribution in [2.75, 3.05) is 13.2 Å². The fraction of sp³-hybridized carbons (Fsp3) is 1.00. The Morgan fingerprint density at radius 3 is 0.554 bits per heavy atom. The van der Waals surface area contributed by atoms with Crippen LogP contribution >= 0.6 is 16.5 Å². The van der Waals surface area contributed by atoms with E-state index in [1.165, 1.54) is 0 Å². The normalized spacial score (nSPS) is 17.5. The second-order valence-corrected chi connectivity index (χ2v) is 22.3. The van der Waals surface area contributed by atoms with E-state index < -0.39 is 245 Å². The lowest BCUT2D eigenvalue weighted by Gasteiger charge is -2.47. The van der Waals surface area contributed by atoms with E-state index in [4.69, 9.17) is 5.11 Å². The number of hydrogen-bond donors (Lipinski definition) is 1. The zero-order valence-electron chi connectivity index (χ0n) is 48.5. The molecule has 0 aliphatic rings. The maximum absolute atomic E-state index is 13.9. The third-order valence-corrected chi connectivity index (χ3v) is 14.3. The van der Waals surface area contributed by atoms with Crippen molar-refractivity contribution in [2.24, 2.45) is 0 Å². The molecule has 0 bridgehead atoms. The Morgan fingerprint density at radius 1 is 0.241 bits per heavy atom. The first-order chi connectivity index (χ1) is 47.4. The highest BCUT2D eigenvalue weighted by Gasteiger charge is 3.05. The Balaban J connectivity index is 0. The van der Waals surface area contributed by atoms with Crippen LogP contribution in [0.2, 0.25) is 0 Å². The van der Waals surface area contributed by atoms with E-state index >= 15 is 0 Å². The molecular formula is C38H13F65O7P2. The van der Waals surface area contributed by atoms with Gasteiger partial charge in [0.25, 0.3) is 0 Å². The second-order valence-electron chi connectivity index (χ2n) is 20.9. The van der Waals surface area contributed by atoms with Crippen LogP contribution in [0.1, 0.15) is 19.3 Å². The lowest BCUT2D eigenvalue weighted by molar-refractivity contribution is -0.491. The summed E-state index contributed by atoms with van der Waals surface area (Å²) in [6, 6.07) is 0. The first-order valence-electron chi connectivity index (χ1n) is 24.4. The van der Waals surface area contributed by atoms with Gasteiger partial charge in [0, 0.05) is 6.42 Å². The molecule has 0 aliphatic heterocycles. The van der Waals surface area contributed by atoms with Crippen molar-refractivity contribution < 1.29 is 318 Å². The van der Waals surface area contributed by atoms with Gasteiger partial charge in [0.15, 0.2) is 6.17 Å². The summed E-state index contributed by atoms with van der Waals surface area (Å²) in [6.45, 7) is -3.89. The van der Waals surface area contributed by atoms with Crippen LogP contribution in [0.4, 0.5) is 285 Å². The summed E-state index contributed by atoms with van der Waals surface area (Å²) in [6.07, 6.45) is -33.6. The van der Waals surface area contributed by atoms with E-state index in [2.05, 4.69) is 9.05 Å². The molecule has 1 N–H and O–H groups in total. The van der Waals surface area contributed by atoms with Crippen LogP contribution < -0.4 is 9.79 Å². The molecule has 7 nitrogen and oxygen atoms in total. The molecule has 0 saturated carbocycles. The molecule has 0 aromatic heterocycles. The quantitative estimate of drug-likeness (QED) is 0.0371. The minimum Gasteiger partial charge on any atom is -0.566 e. The molecular weight excluding hydrogens is 1870 g/mol. The summed E-state index contributed by atoms with van der Waals surface area (Å²) < 4.78 is 907. The van der Waals surface area contributed by atoms with Crippen LogP contribution in [0, 0.1) is 0 Å². The van der Waals surface area contributed by atoms with Crippen molar-refractivity contribution in [2.45, 2.75) is 216 Å². The third-order valence-electron chi connectivity index (χ3n) is 13.5. The van der Waals surface area contributed by atoms with Crippen LogP contribution in [-0.4, -0.2) is 215 Å². The topological polar surface area (TPSA) is 119 Å². The van der Waals surface area contributed by atoms with Gasteiger partial charge in [-0.15, -0.1) is 9.05 Å². The predicted molar refractivity (Wildman–Crippen MR) is 207 cm³/mol. The van der Waals surface area contributed by atoms with E-state index in [9.17, 15) is 304 Å². The molecule has 0 fully saturated rings. The van der Waals surface area contributed by atoms with Crippen LogP contribution in [0.5, 0.6) is 0 Å². The van der Waals surface area contributed by atoms with Crippen LogP contribution in [0.3, 0.4) is 0 Å². The van der Waals surface area contributed by atoms with Crippen molar-refractivity contribution in [1.29, 1.82) is 0 Å². The molecule has 0 radical (unpaired) electrons. The third kappa shape index (κ3) is 14.7. The minimum atomic E-state index is -10.3. The van der Waals surface area contributed by atoms with Crippen molar-refractivity contribution in [1.82, 2.24) is 0 Å². The molecule has 0 aromatic rings. The standard InChI is InChI=1S/C19H6F33O4P.C19H7F32O3P/c20-4(21,1-3(53)2-56-57(54)55)5(22,23)6(24,25)7(26,27)8(28,29)9(30,31)10(32,33)11(34,35)12(36,37)13(38,39)14(40,41)15(42,43)16(44,45)17(46,47)18(48,49)19(50,51)52;20-4(2-1-3-54-55(52)53)5(21,22)6(23,24)7(25,26)8(27,28)9(29,30)10(31,32)11(33,34)12(35,36)13(37,38)14(39,40)15(41,42)16(43,44)17(45,46)18(47,48)19(49,50)51/h3,53H,1-2H2;4H,1-3H2. The van der Waals surface area contributed by atoms with Gasteiger partial charge in [0.05, 0.1) is 6.10 Å². The SMILES string of the molecule is O=[P+]([O-])OCC(O)CC(F)(F)C(F)(F)C(F)(F)C(F)(F)C(F)(F)C(F)(F)C(F)(F)C(F)(F)C(F)(F)C(F)(F)C(F)(F)C(F)(F)C(F)(F)C(F)(F)C(F)(F)C(F)(F)F.O=[P+]([O-])OCCCC(F)C(F)(F)C(F)(F)C(F)(F)C(F)(F)C(F)(F)C(F)(F)C(F)(F)C(F)(F)C(F)(F)C(F)(F)C(F)(F)C(F)(F)C(F)(F)C(F)(F)C(F)(F)F. The lowest BCUT2D eigenvalue weighted by Crippen LogP contribution is -2.80. The Morgan fingerprint density at radius 2 is 0.393 bits per heavy atom. The molecule has 0 rings (SSSR count). The zero-order chi connectivity index (χ0) is 92.8. The Bertz CT molecular complexity index is 3270. The molecule has 0 amide bonds. The summed E-state index contributed by atoms with van der Waals surface area (Å²) in [4.78, 5) is 20.1. The van der Waals surface area contributed by atoms with Gasteiger partial charge in [-0.05, 0) is 22.0 Å². The van der Waals surface area contributed by atoms with Gasteiger partial charge in [-0.25, -0.2) is 4.39 Å². The number of aliphatic hydroxyl groups is 1. The van der Waals surface area contributed by atoms with Gasteiger partial charge in [-0.3, -0.25) is 0 Å². The average Bonchev–Trinajstić information content (AvgIpc) is 0.678. The van der Waals surface area contributed by atoms with E-state index in [0.717, 1.165) is 0 Å². The summed E-state index contributed by atoms with van der Waals surface area (Å²) in [7, 11) is -8.32. The smallest absolute Gasteiger partial charge is 0.488 e. The molecule has 4 unspecified atom stereocenters. The number of aliphatic hydroxyl groups excluding tert-OH is 1. The molecule has 0 aromatic carbocycles. The van der Waals surface area contributed by atoms with Crippen molar-refractivity contribution in [3.8, 4) is 0 Å². The maximum Gasteiger partial charge on any atom is 0.488 e. The maximum atomic E-state index is 13.9. The summed E-state index contributed by atoms with van der Waals surface area (Å²) in [5.74, 6) is -278. The lowest BCUT2D eigenvalue weighted by atomic mass is 9.82. The van der Waals surface area contributed by atoms with Gasteiger partial charge in [0.1, 0.15) is 13.2 Å². The number of halogens is 65. The van der Waals surface area contributed by atoms with Crippen LogP contribution in [-0.2, 0) is 18.2 Å². The molecule has 0 aliphatic carbocycles. The molecule has 112 heavy (non-hydrogen) atoms. The monoisotopic (exact) mass is 1880 g/mol. The minimum absolute atomic E-state index is 1.59. The van der Waals surface area contributed by atoms with E-state index in [1.807, 2.05) is 0 Å². The Hall–Kier alpha value is -4.55. The predicted octanol–water partition coefficient (Wildman–Crippen LogP) is 20.5. The molecule has 672 valence electrons. The highest BCUT2D eigenvalue weighted by atomic mass is 31.1. The zero-order valence-corrected chi connectivity index (χ0v) is 50.3. The van der Waals surface area contributed by atoms with Gasteiger partial charge in [-0.1, -0.05) is 0 Å². The number of alkyl halides is 65. The van der Waals surface area contributed by atoms with Gasteiger partial charge in [-0.2, -0.15) is 281 Å². The molecule has 74 heteroatoms. The highest BCUT2D eigenvalue weighted by Crippen LogP contribution is 2.74. The Labute approximate surface area is 564 Å². The fourth-order valence-corrected chi connectivity index (χ4v) is 7.31. The Kier molecular flexibility index (Phi) is 28.8. The number of hydrogen-bond acceptors (Lipinski definition) is 7. The molecule has 4 atom stereocenters. The summed E-state index contributed by atoms with van der Waals surface area (Å²) in [5, 5.41) is 8.87. The second kappa shape index (κ2) is 29.5. The molecule has 0 spiro atoms. The van der Waals surface area contributed by atoms with Crippen molar-refractivity contribution >= 4 is 16.5 Å². The van der Waals surface area contributed by atoms with E-state index in [1.54, 1.807) is 0 Å². The fourth-order valence-electron chi connectivity index (χ4n) is 6.74. The van der Waals surface area contributed by atoms with Crippen molar-refractivity contribution in [3.63, 3.8) is 0 Å². The highest BCUT2D eigenvalue weighted by molar-refractivity contribution is 7.30. The average molecular weight is 1880 g/mol. The molecule has 0 heterocycles. The van der Waals surface area contributed by atoms with E-state index in [0.29, 0.717) is 0 Å². The first-order valence-corrected chi connectivity index (χ1v) is 26.6. The summed E-state index contributed by atoms with van der Waals surface area (Å²) in [5.41, 5.74) is 0. The van der Waals surface area contributed by atoms with Crippen LogP contribution in [0.25, 0.3) is 0 Å². The summed E-state index contributed by atoms with van der Waals surface area (Å²) >= 11 is 0.